The van der Waals surface area contributed by atoms with Gasteiger partial charge in [0.25, 0.3) is 5.56 Å². The van der Waals surface area contributed by atoms with Gasteiger partial charge in [0.1, 0.15) is 5.69 Å². The van der Waals surface area contributed by atoms with Crippen LogP contribution < -0.4 is 11.0 Å². The maximum Gasteiger partial charge on any atom is 0.355 e. The van der Waals surface area contributed by atoms with Crippen LogP contribution in [0.2, 0.25) is 0 Å². The highest BCUT2D eigenvalue weighted by Crippen LogP contribution is 2.16. The van der Waals surface area contributed by atoms with Gasteiger partial charge in [-0.05, 0) is 31.2 Å². The number of nitrogens with zero attached hydrogens (tertiary/aromatic N) is 1. The molecule has 0 radical (unpaired) electrons. The molecule has 4 aromatic rings. The van der Waals surface area contributed by atoms with Gasteiger partial charge in [0, 0.05) is 17.0 Å². The molecule has 134 valence electrons. The van der Waals surface area contributed by atoms with Crippen LogP contribution in [0.25, 0.3) is 21.8 Å². The summed E-state index contributed by atoms with van der Waals surface area (Å²) >= 11 is 0. The summed E-state index contributed by atoms with van der Waals surface area (Å²) < 4.78 is 5.39. The maximum atomic E-state index is 12.5. The van der Waals surface area contributed by atoms with Crippen molar-refractivity contribution >= 4 is 27.8 Å². The zero-order valence-corrected chi connectivity index (χ0v) is 14.4. The van der Waals surface area contributed by atoms with E-state index in [4.69, 9.17) is 4.74 Å². The highest BCUT2D eigenvalue weighted by Gasteiger charge is 2.18. The molecular formula is C20H15N3O4. The second-order valence-corrected chi connectivity index (χ2v) is 6.11. The van der Waals surface area contributed by atoms with Gasteiger partial charge >= 0.3 is 5.97 Å². The number of carbonyl (C=O) groups excluding carboxylic acids is 1. The summed E-state index contributed by atoms with van der Waals surface area (Å²) in [6, 6.07) is 15.0. The number of esters is 1. The monoisotopic (exact) mass is 361 g/mol. The lowest BCUT2D eigenvalue weighted by Crippen LogP contribution is -2.19. The van der Waals surface area contributed by atoms with Gasteiger partial charge in [-0.25, -0.2) is 9.78 Å². The van der Waals surface area contributed by atoms with Crippen molar-refractivity contribution in [3.63, 3.8) is 0 Å². The molecule has 0 fully saturated rings. The number of ether oxygens (including phenoxy) is 1. The van der Waals surface area contributed by atoms with Crippen molar-refractivity contribution in [2.45, 2.75) is 13.0 Å². The number of rotatable bonds is 3. The molecule has 0 saturated heterocycles. The van der Waals surface area contributed by atoms with Gasteiger partial charge in [0.15, 0.2) is 17.4 Å². The number of H-pyrrole nitrogens is 2. The van der Waals surface area contributed by atoms with Gasteiger partial charge in [-0.15, -0.1) is 0 Å². The third kappa shape index (κ3) is 3.10. The molecule has 0 aliphatic heterocycles. The Morgan fingerprint density at radius 1 is 1.00 bits per heavy atom. The van der Waals surface area contributed by atoms with Crippen molar-refractivity contribution in [2.24, 2.45) is 0 Å². The van der Waals surface area contributed by atoms with E-state index in [0.717, 1.165) is 0 Å². The van der Waals surface area contributed by atoms with E-state index in [0.29, 0.717) is 21.8 Å². The molecule has 0 unspecified atom stereocenters. The predicted octanol–water partition coefficient (Wildman–Crippen LogP) is 2.68. The van der Waals surface area contributed by atoms with Gasteiger partial charge in [-0.1, -0.05) is 24.3 Å². The van der Waals surface area contributed by atoms with Gasteiger partial charge in [0.05, 0.1) is 10.9 Å². The lowest BCUT2D eigenvalue weighted by molar-refractivity contribution is 0.0313. The lowest BCUT2D eigenvalue weighted by atomic mass is 10.2. The van der Waals surface area contributed by atoms with E-state index in [2.05, 4.69) is 15.0 Å². The molecule has 0 bridgehead atoms. The first-order valence-electron chi connectivity index (χ1n) is 8.35. The molecule has 1 atom stereocenters. The van der Waals surface area contributed by atoms with Crippen molar-refractivity contribution in [3.05, 3.63) is 86.7 Å². The highest BCUT2D eigenvalue weighted by atomic mass is 16.5. The number of hydrogen-bond donors (Lipinski definition) is 2. The van der Waals surface area contributed by atoms with Crippen molar-refractivity contribution in [3.8, 4) is 0 Å². The summed E-state index contributed by atoms with van der Waals surface area (Å²) in [6.45, 7) is 1.60. The average molecular weight is 361 g/mol. The summed E-state index contributed by atoms with van der Waals surface area (Å²) in [4.78, 5) is 46.7. The zero-order valence-electron chi connectivity index (χ0n) is 14.4. The van der Waals surface area contributed by atoms with E-state index < -0.39 is 12.1 Å². The van der Waals surface area contributed by atoms with E-state index in [1.54, 1.807) is 55.5 Å². The molecule has 2 N–H and O–H groups in total. The SMILES string of the molecule is C[C@@H](OC(=O)c1cc(=O)c2ccccc2[nH]1)c1nc2ccccc2c(=O)[nH]1. The van der Waals surface area contributed by atoms with Crippen molar-refractivity contribution < 1.29 is 9.53 Å². The fraction of sp³-hybridized carbons (Fsp3) is 0.100. The largest absolute Gasteiger partial charge is 0.450 e. The molecule has 27 heavy (non-hydrogen) atoms. The Kier molecular flexibility index (Phi) is 4.04. The smallest absolute Gasteiger partial charge is 0.355 e. The molecular weight excluding hydrogens is 346 g/mol. The Balaban J connectivity index is 1.65. The Bertz CT molecular complexity index is 1290. The molecule has 4 rings (SSSR count). The van der Waals surface area contributed by atoms with E-state index >= 15 is 0 Å². The number of benzene rings is 2. The standard InChI is InChI=1S/C20H15N3O4/c1-11(18-22-15-9-5-3-7-13(15)19(25)23-18)27-20(26)16-10-17(24)12-6-2-4-8-14(12)21-16/h2-11H,1H3,(H,21,24)(H,22,23,25)/t11-/m1/s1. The molecule has 0 amide bonds. The number of aromatic amines is 2. The van der Waals surface area contributed by atoms with Crippen LogP contribution in [0.1, 0.15) is 29.3 Å². The summed E-state index contributed by atoms with van der Waals surface area (Å²) in [6.07, 6.45) is -0.801. The number of nitrogens with one attached hydrogen (secondary N) is 2. The minimum absolute atomic E-state index is 0.0358. The van der Waals surface area contributed by atoms with Crippen LogP contribution in [0, 0.1) is 0 Å². The number of aromatic nitrogens is 3. The molecule has 0 aliphatic carbocycles. The lowest BCUT2D eigenvalue weighted by Gasteiger charge is -2.13. The van der Waals surface area contributed by atoms with Crippen LogP contribution in [0.15, 0.2) is 64.2 Å². The quantitative estimate of drug-likeness (QED) is 0.546. The minimum Gasteiger partial charge on any atom is -0.450 e. The number of carbonyl (C=O) groups is 1. The van der Waals surface area contributed by atoms with Crippen LogP contribution >= 0.6 is 0 Å². The second kappa shape index (κ2) is 6.53. The Labute approximate surface area is 152 Å². The van der Waals surface area contributed by atoms with Crippen LogP contribution in [-0.4, -0.2) is 20.9 Å². The van der Waals surface area contributed by atoms with Gasteiger partial charge in [0.2, 0.25) is 0 Å². The van der Waals surface area contributed by atoms with Gasteiger partial charge < -0.3 is 14.7 Å². The van der Waals surface area contributed by atoms with Crippen LogP contribution in [0.3, 0.4) is 0 Å². The van der Waals surface area contributed by atoms with E-state index in [1.807, 2.05) is 0 Å². The topological polar surface area (TPSA) is 105 Å². The summed E-state index contributed by atoms with van der Waals surface area (Å²) in [7, 11) is 0. The first-order chi connectivity index (χ1) is 13.0. The number of para-hydroxylation sites is 2. The van der Waals surface area contributed by atoms with Crippen LogP contribution in [-0.2, 0) is 4.74 Å². The normalized spacial score (nSPS) is 12.2. The Morgan fingerprint density at radius 3 is 2.52 bits per heavy atom. The maximum absolute atomic E-state index is 12.5. The first-order valence-corrected chi connectivity index (χ1v) is 8.35. The van der Waals surface area contributed by atoms with Crippen LogP contribution in [0.4, 0.5) is 0 Å². The van der Waals surface area contributed by atoms with Crippen LogP contribution in [0.5, 0.6) is 0 Å². The Hall–Kier alpha value is -3.74. The number of fused-ring (bicyclic) bond motifs is 2. The zero-order chi connectivity index (χ0) is 19.0. The third-order valence-corrected chi connectivity index (χ3v) is 4.26. The third-order valence-electron chi connectivity index (χ3n) is 4.26. The summed E-state index contributed by atoms with van der Waals surface area (Å²) in [5, 5.41) is 0.946. The molecule has 0 saturated carbocycles. The van der Waals surface area contributed by atoms with Crippen molar-refractivity contribution in [1.82, 2.24) is 15.0 Å². The predicted molar refractivity (Wildman–Crippen MR) is 101 cm³/mol. The molecule has 0 spiro atoms. The molecule has 2 aromatic carbocycles. The van der Waals surface area contributed by atoms with E-state index in [9.17, 15) is 14.4 Å². The van der Waals surface area contributed by atoms with Crippen molar-refractivity contribution in [1.29, 1.82) is 0 Å². The molecule has 0 aliphatic rings. The highest BCUT2D eigenvalue weighted by molar-refractivity contribution is 5.91. The molecule has 2 heterocycles. The van der Waals surface area contributed by atoms with E-state index in [-0.39, 0.29) is 22.5 Å². The molecule has 7 nitrogen and oxygen atoms in total. The molecule has 2 aromatic heterocycles. The summed E-state index contributed by atoms with van der Waals surface area (Å²) in [5.41, 5.74) is 0.507. The number of hydrogen-bond acceptors (Lipinski definition) is 5. The second-order valence-electron chi connectivity index (χ2n) is 6.11. The van der Waals surface area contributed by atoms with Gasteiger partial charge in [-0.2, -0.15) is 0 Å². The number of pyridine rings is 1. The minimum atomic E-state index is -0.801. The first kappa shape index (κ1) is 16.7. The molecule has 7 heteroatoms. The summed E-state index contributed by atoms with van der Waals surface area (Å²) in [5.74, 6) is -0.476. The van der Waals surface area contributed by atoms with E-state index in [1.165, 1.54) is 6.07 Å². The fourth-order valence-electron chi connectivity index (χ4n) is 2.88. The van der Waals surface area contributed by atoms with Gasteiger partial charge in [-0.3, -0.25) is 9.59 Å². The Morgan fingerprint density at radius 2 is 1.70 bits per heavy atom. The average Bonchev–Trinajstić information content (AvgIpc) is 2.68. The fourth-order valence-corrected chi connectivity index (χ4v) is 2.88. The van der Waals surface area contributed by atoms with Crippen molar-refractivity contribution in [2.75, 3.05) is 0 Å².